The molecule has 1 atom stereocenters. The van der Waals surface area contributed by atoms with E-state index in [-0.39, 0.29) is 23.7 Å². The predicted molar refractivity (Wildman–Crippen MR) is 106 cm³/mol. The maximum atomic E-state index is 12.5. The lowest BCUT2D eigenvalue weighted by atomic mass is 10.1. The van der Waals surface area contributed by atoms with Gasteiger partial charge >= 0.3 is 5.97 Å². The van der Waals surface area contributed by atoms with Crippen molar-refractivity contribution in [3.63, 3.8) is 0 Å². The van der Waals surface area contributed by atoms with Crippen LogP contribution in [0.5, 0.6) is 11.5 Å². The van der Waals surface area contributed by atoms with Crippen LogP contribution in [0.4, 0.5) is 11.4 Å². The van der Waals surface area contributed by atoms with E-state index >= 15 is 0 Å². The molecule has 154 valence electrons. The molecule has 0 bridgehead atoms. The Balaban J connectivity index is 2.22. The lowest BCUT2D eigenvalue weighted by Crippen LogP contribution is -2.30. The van der Waals surface area contributed by atoms with Crippen molar-refractivity contribution in [2.75, 3.05) is 19.0 Å². The summed E-state index contributed by atoms with van der Waals surface area (Å²) in [6.45, 7) is 5.22. The van der Waals surface area contributed by atoms with E-state index in [9.17, 15) is 19.7 Å². The molecule has 2 aromatic carbocycles. The fraction of sp³-hybridized carbons (Fsp3) is 0.300. The molecule has 2 aromatic rings. The average Bonchev–Trinajstić information content (AvgIpc) is 2.67. The number of nitrogens with zero attached hydrogens (tertiary/aromatic N) is 1. The Morgan fingerprint density at radius 2 is 1.93 bits per heavy atom. The third kappa shape index (κ3) is 5.44. The van der Waals surface area contributed by atoms with E-state index < -0.39 is 28.6 Å². The van der Waals surface area contributed by atoms with Crippen LogP contribution < -0.4 is 14.8 Å². The molecular weight excluding hydrogens is 380 g/mol. The van der Waals surface area contributed by atoms with Gasteiger partial charge in [-0.15, -0.1) is 0 Å². The Bertz CT molecular complexity index is 927. The van der Waals surface area contributed by atoms with Crippen LogP contribution in [0.3, 0.4) is 0 Å². The molecule has 0 heterocycles. The van der Waals surface area contributed by atoms with Crippen molar-refractivity contribution in [3.8, 4) is 11.5 Å². The first kappa shape index (κ1) is 21.7. The van der Waals surface area contributed by atoms with Gasteiger partial charge in [0.15, 0.2) is 17.6 Å². The summed E-state index contributed by atoms with van der Waals surface area (Å²) in [7, 11) is 1.34. The summed E-state index contributed by atoms with van der Waals surface area (Å²) in [5.41, 5.74) is 0.646. The van der Waals surface area contributed by atoms with Gasteiger partial charge in [-0.3, -0.25) is 14.9 Å². The second kappa shape index (κ2) is 9.54. The Morgan fingerprint density at radius 1 is 1.21 bits per heavy atom. The molecule has 9 nitrogen and oxygen atoms in total. The number of ether oxygens (including phenoxy) is 3. The SMILES string of the molecule is CCOc1cc([N+](=O)[O-])c(C(=O)O[C@H](C)C(=O)Nc2cccc(C)c2)cc1OC. The van der Waals surface area contributed by atoms with Gasteiger partial charge in [0.25, 0.3) is 11.6 Å². The standard InChI is InChI=1S/C20H22N2O7/c1-5-28-18-11-16(22(25)26)15(10-17(18)27-4)20(24)29-13(3)19(23)21-14-8-6-7-12(2)9-14/h6-11,13H,5H2,1-4H3,(H,21,23)/t13-/m1/s1. The van der Waals surface area contributed by atoms with Crippen molar-refractivity contribution in [3.05, 3.63) is 57.6 Å². The minimum atomic E-state index is -1.18. The van der Waals surface area contributed by atoms with Crippen molar-refractivity contribution in [1.29, 1.82) is 0 Å². The van der Waals surface area contributed by atoms with Crippen molar-refractivity contribution in [2.45, 2.75) is 26.9 Å². The predicted octanol–water partition coefficient (Wildman–Crippen LogP) is 3.49. The molecule has 0 radical (unpaired) electrons. The molecule has 29 heavy (non-hydrogen) atoms. The molecule has 0 saturated carbocycles. The van der Waals surface area contributed by atoms with Gasteiger partial charge in [-0.05, 0) is 38.5 Å². The summed E-state index contributed by atoms with van der Waals surface area (Å²) >= 11 is 0. The number of nitro groups is 1. The number of rotatable bonds is 8. The highest BCUT2D eigenvalue weighted by Gasteiger charge is 2.28. The molecule has 9 heteroatoms. The number of amides is 1. The number of aryl methyl sites for hydroxylation is 1. The number of esters is 1. The number of methoxy groups -OCH3 is 1. The van der Waals surface area contributed by atoms with Crippen LogP contribution in [0.15, 0.2) is 36.4 Å². The first-order valence-corrected chi connectivity index (χ1v) is 8.84. The average molecular weight is 402 g/mol. The van der Waals surface area contributed by atoms with E-state index in [1.807, 2.05) is 13.0 Å². The third-order valence-electron chi connectivity index (χ3n) is 3.94. The molecule has 0 aromatic heterocycles. The molecule has 0 aliphatic rings. The van der Waals surface area contributed by atoms with Crippen LogP contribution in [-0.2, 0) is 9.53 Å². The largest absolute Gasteiger partial charge is 0.493 e. The normalized spacial score (nSPS) is 11.3. The third-order valence-corrected chi connectivity index (χ3v) is 3.94. The number of carbonyl (C=O) groups excluding carboxylic acids is 2. The van der Waals surface area contributed by atoms with Gasteiger partial charge < -0.3 is 19.5 Å². The zero-order valence-electron chi connectivity index (χ0n) is 16.6. The zero-order valence-corrected chi connectivity index (χ0v) is 16.6. The summed E-state index contributed by atoms with van der Waals surface area (Å²) in [4.78, 5) is 35.5. The molecular formula is C20H22N2O7. The van der Waals surface area contributed by atoms with E-state index in [4.69, 9.17) is 14.2 Å². The lowest BCUT2D eigenvalue weighted by Gasteiger charge is -2.15. The van der Waals surface area contributed by atoms with Crippen LogP contribution in [-0.4, -0.2) is 36.6 Å². The molecule has 0 fully saturated rings. The van der Waals surface area contributed by atoms with Crippen molar-refractivity contribution < 1.29 is 28.7 Å². The van der Waals surface area contributed by atoms with E-state index in [1.54, 1.807) is 25.1 Å². The monoisotopic (exact) mass is 402 g/mol. The molecule has 1 amide bonds. The number of nitrogens with one attached hydrogen (secondary N) is 1. The maximum absolute atomic E-state index is 12.5. The number of carbonyl (C=O) groups is 2. The summed E-state index contributed by atoms with van der Waals surface area (Å²) in [6, 6.07) is 9.36. The van der Waals surface area contributed by atoms with E-state index in [0.717, 1.165) is 17.7 Å². The van der Waals surface area contributed by atoms with Crippen LogP contribution >= 0.6 is 0 Å². The number of hydrogen-bond donors (Lipinski definition) is 1. The minimum Gasteiger partial charge on any atom is -0.493 e. The highest BCUT2D eigenvalue weighted by atomic mass is 16.6. The minimum absolute atomic E-state index is 0.128. The number of nitro benzene ring substituents is 1. The fourth-order valence-corrected chi connectivity index (χ4v) is 2.54. The van der Waals surface area contributed by atoms with E-state index in [1.165, 1.54) is 14.0 Å². The topological polar surface area (TPSA) is 117 Å². The highest BCUT2D eigenvalue weighted by molar-refractivity contribution is 5.99. The van der Waals surface area contributed by atoms with Gasteiger partial charge in [0.1, 0.15) is 5.56 Å². The summed E-state index contributed by atoms with van der Waals surface area (Å²) < 4.78 is 15.6. The number of benzene rings is 2. The molecule has 0 aliphatic carbocycles. The van der Waals surface area contributed by atoms with Crippen LogP contribution in [0, 0.1) is 17.0 Å². The maximum Gasteiger partial charge on any atom is 0.346 e. The fourth-order valence-electron chi connectivity index (χ4n) is 2.54. The second-order valence-corrected chi connectivity index (χ2v) is 6.12. The smallest absolute Gasteiger partial charge is 0.346 e. The highest BCUT2D eigenvalue weighted by Crippen LogP contribution is 2.35. The second-order valence-electron chi connectivity index (χ2n) is 6.12. The van der Waals surface area contributed by atoms with Crippen molar-refractivity contribution >= 4 is 23.3 Å². The summed E-state index contributed by atoms with van der Waals surface area (Å²) in [6.07, 6.45) is -1.18. The molecule has 2 rings (SSSR count). The molecule has 0 unspecified atom stereocenters. The summed E-state index contributed by atoms with van der Waals surface area (Å²) in [5.74, 6) is -1.32. The van der Waals surface area contributed by atoms with Crippen LogP contribution in [0.1, 0.15) is 29.8 Å². The van der Waals surface area contributed by atoms with E-state index in [0.29, 0.717) is 5.69 Å². The first-order valence-electron chi connectivity index (χ1n) is 8.84. The Hall–Kier alpha value is -3.62. The number of anilines is 1. The quantitative estimate of drug-likeness (QED) is 0.408. The number of hydrogen-bond acceptors (Lipinski definition) is 7. The summed E-state index contributed by atoms with van der Waals surface area (Å²) in [5, 5.41) is 14.0. The van der Waals surface area contributed by atoms with Gasteiger partial charge in [0.05, 0.1) is 24.7 Å². The van der Waals surface area contributed by atoms with Gasteiger partial charge in [0, 0.05) is 11.8 Å². The van der Waals surface area contributed by atoms with Crippen LogP contribution in [0.25, 0.3) is 0 Å². The van der Waals surface area contributed by atoms with Gasteiger partial charge in [0.2, 0.25) is 0 Å². The molecule has 0 spiro atoms. The van der Waals surface area contributed by atoms with Gasteiger partial charge in [-0.2, -0.15) is 0 Å². The Morgan fingerprint density at radius 3 is 2.52 bits per heavy atom. The Labute approximate surface area is 167 Å². The lowest BCUT2D eigenvalue weighted by molar-refractivity contribution is -0.385. The molecule has 0 saturated heterocycles. The zero-order chi connectivity index (χ0) is 21.6. The molecule has 1 N–H and O–H groups in total. The Kier molecular flexibility index (Phi) is 7.13. The van der Waals surface area contributed by atoms with E-state index in [2.05, 4.69) is 5.32 Å². The molecule has 0 aliphatic heterocycles. The van der Waals surface area contributed by atoms with Crippen LogP contribution in [0.2, 0.25) is 0 Å². The van der Waals surface area contributed by atoms with Crippen molar-refractivity contribution in [2.24, 2.45) is 0 Å². The first-order chi connectivity index (χ1) is 13.8. The van der Waals surface area contributed by atoms with Gasteiger partial charge in [-0.25, -0.2) is 4.79 Å². The van der Waals surface area contributed by atoms with Crippen molar-refractivity contribution in [1.82, 2.24) is 0 Å². The van der Waals surface area contributed by atoms with Gasteiger partial charge in [-0.1, -0.05) is 12.1 Å².